The average molecular weight is 342 g/mol. The highest BCUT2D eigenvalue weighted by Gasteiger charge is 2.12. The Morgan fingerprint density at radius 1 is 1.09 bits per heavy atom. The first kappa shape index (κ1) is 15.8. The lowest BCUT2D eigenvalue weighted by atomic mass is 10.1. The van der Waals surface area contributed by atoms with E-state index in [1.807, 2.05) is 47.8 Å². The SMILES string of the molecule is CC(=O)c1cc(-c2cccc(Nc3ccccc3C)c2Cl)cs1. The zero-order valence-corrected chi connectivity index (χ0v) is 14.5. The molecule has 3 aromatic rings. The summed E-state index contributed by atoms with van der Waals surface area (Å²) < 4.78 is 0. The van der Waals surface area contributed by atoms with Crippen LogP contribution in [-0.2, 0) is 0 Å². The molecular weight excluding hydrogens is 326 g/mol. The maximum absolute atomic E-state index is 11.5. The first-order chi connectivity index (χ1) is 11.1. The predicted octanol–water partition coefficient (Wildman–Crippen LogP) is 6.32. The second-order valence-corrected chi connectivity index (χ2v) is 6.65. The number of rotatable bonds is 4. The van der Waals surface area contributed by atoms with E-state index < -0.39 is 0 Å². The van der Waals surface area contributed by atoms with Crippen LogP contribution >= 0.6 is 22.9 Å². The Kier molecular flexibility index (Phi) is 4.51. The molecule has 2 nitrogen and oxygen atoms in total. The molecule has 3 rings (SSSR count). The molecule has 1 N–H and O–H groups in total. The van der Waals surface area contributed by atoms with Gasteiger partial charge in [-0.25, -0.2) is 0 Å². The zero-order chi connectivity index (χ0) is 16.4. The van der Waals surface area contributed by atoms with E-state index in [1.165, 1.54) is 11.3 Å². The third kappa shape index (κ3) is 3.31. The molecule has 1 heterocycles. The molecule has 4 heteroatoms. The number of benzene rings is 2. The maximum Gasteiger partial charge on any atom is 0.169 e. The molecule has 0 saturated carbocycles. The summed E-state index contributed by atoms with van der Waals surface area (Å²) >= 11 is 8.04. The molecule has 1 aromatic heterocycles. The monoisotopic (exact) mass is 341 g/mol. The van der Waals surface area contributed by atoms with E-state index in [0.29, 0.717) is 5.02 Å². The molecule has 0 bridgehead atoms. The Labute approximate surface area is 144 Å². The average Bonchev–Trinajstić information content (AvgIpc) is 3.01. The quantitative estimate of drug-likeness (QED) is 0.562. The van der Waals surface area contributed by atoms with E-state index in [4.69, 9.17) is 11.6 Å². The summed E-state index contributed by atoms with van der Waals surface area (Å²) in [5.74, 6) is 0.0755. The van der Waals surface area contributed by atoms with E-state index >= 15 is 0 Å². The molecule has 0 unspecified atom stereocenters. The second-order valence-electron chi connectivity index (χ2n) is 5.36. The number of ketones is 1. The number of nitrogens with one attached hydrogen (secondary N) is 1. The van der Waals surface area contributed by atoms with Gasteiger partial charge in [-0.2, -0.15) is 0 Å². The summed E-state index contributed by atoms with van der Waals surface area (Å²) in [5, 5.41) is 6.01. The third-order valence-electron chi connectivity index (χ3n) is 3.67. The molecule has 2 aromatic carbocycles. The van der Waals surface area contributed by atoms with Crippen molar-refractivity contribution in [3.8, 4) is 11.1 Å². The largest absolute Gasteiger partial charge is 0.354 e. The van der Waals surface area contributed by atoms with Gasteiger partial charge in [-0.15, -0.1) is 11.3 Å². The minimum atomic E-state index is 0.0755. The summed E-state index contributed by atoms with van der Waals surface area (Å²) in [6.07, 6.45) is 0. The highest BCUT2D eigenvalue weighted by atomic mass is 35.5. The maximum atomic E-state index is 11.5. The van der Waals surface area contributed by atoms with Crippen molar-refractivity contribution in [3.05, 3.63) is 69.4 Å². The first-order valence-electron chi connectivity index (χ1n) is 7.27. The van der Waals surface area contributed by atoms with Gasteiger partial charge in [0.25, 0.3) is 0 Å². The fourth-order valence-electron chi connectivity index (χ4n) is 2.37. The van der Waals surface area contributed by atoms with Crippen molar-refractivity contribution < 1.29 is 4.79 Å². The van der Waals surface area contributed by atoms with Gasteiger partial charge >= 0.3 is 0 Å². The van der Waals surface area contributed by atoms with Crippen molar-refractivity contribution in [1.82, 2.24) is 0 Å². The van der Waals surface area contributed by atoms with Crippen LogP contribution in [0.25, 0.3) is 11.1 Å². The molecule has 0 aliphatic carbocycles. The number of carbonyl (C=O) groups excluding carboxylic acids is 1. The molecule has 0 radical (unpaired) electrons. The van der Waals surface area contributed by atoms with Crippen LogP contribution in [0.15, 0.2) is 53.9 Å². The van der Waals surface area contributed by atoms with Gasteiger partial charge in [0.2, 0.25) is 0 Å². The Morgan fingerprint density at radius 3 is 2.52 bits per heavy atom. The van der Waals surface area contributed by atoms with Crippen molar-refractivity contribution in [2.75, 3.05) is 5.32 Å². The second kappa shape index (κ2) is 6.57. The van der Waals surface area contributed by atoms with Crippen molar-refractivity contribution in [2.45, 2.75) is 13.8 Å². The number of thiophene rings is 1. The highest BCUT2D eigenvalue weighted by Crippen LogP contribution is 2.37. The zero-order valence-electron chi connectivity index (χ0n) is 12.9. The lowest BCUT2D eigenvalue weighted by molar-refractivity contribution is 0.102. The van der Waals surface area contributed by atoms with Gasteiger partial charge in [0.05, 0.1) is 15.6 Å². The molecular formula is C19H16ClNOS. The van der Waals surface area contributed by atoms with Crippen molar-refractivity contribution in [3.63, 3.8) is 0 Å². The molecule has 0 aliphatic heterocycles. The van der Waals surface area contributed by atoms with Crippen LogP contribution in [0.5, 0.6) is 0 Å². The number of hydrogen-bond donors (Lipinski definition) is 1. The molecule has 0 fully saturated rings. The van der Waals surface area contributed by atoms with Crippen LogP contribution in [-0.4, -0.2) is 5.78 Å². The van der Waals surface area contributed by atoms with Gasteiger partial charge in [0, 0.05) is 11.3 Å². The van der Waals surface area contributed by atoms with Crippen molar-refractivity contribution in [2.24, 2.45) is 0 Å². The Balaban J connectivity index is 1.98. The summed E-state index contributed by atoms with van der Waals surface area (Å²) in [6, 6.07) is 15.9. The number of aryl methyl sites for hydroxylation is 1. The van der Waals surface area contributed by atoms with Gasteiger partial charge in [0.1, 0.15) is 0 Å². The van der Waals surface area contributed by atoms with Gasteiger partial charge in [0.15, 0.2) is 5.78 Å². The molecule has 0 spiro atoms. The van der Waals surface area contributed by atoms with Gasteiger partial charge in [-0.1, -0.05) is 41.9 Å². The van der Waals surface area contributed by atoms with Crippen molar-refractivity contribution in [1.29, 1.82) is 0 Å². The summed E-state index contributed by atoms with van der Waals surface area (Å²) in [7, 11) is 0. The fraction of sp³-hybridized carbons (Fsp3) is 0.105. The van der Waals surface area contributed by atoms with Crippen LogP contribution < -0.4 is 5.32 Å². The molecule has 23 heavy (non-hydrogen) atoms. The van der Waals surface area contributed by atoms with Gasteiger partial charge < -0.3 is 5.32 Å². The number of carbonyl (C=O) groups is 1. The van der Waals surface area contributed by atoms with Crippen LogP contribution in [0.1, 0.15) is 22.2 Å². The lowest BCUT2D eigenvalue weighted by Gasteiger charge is -2.13. The molecule has 0 amide bonds. The van der Waals surface area contributed by atoms with Crippen molar-refractivity contribution >= 4 is 40.1 Å². The standard InChI is InChI=1S/C19H16ClNOS/c1-12-6-3-4-8-16(12)21-17-9-5-7-15(19(17)20)14-10-18(13(2)22)23-11-14/h3-11,21H,1-2H3. The van der Waals surface area contributed by atoms with Crippen LogP contribution in [0.3, 0.4) is 0 Å². The van der Waals surface area contributed by atoms with Crippen LogP contribution in [0.2, 0.25) is 5.02 Å². The molecule has 0 aliphatic rings. The summed E-state index contributed by atoms with van der Waals surface area (Å²) in [5.41, 5.74) is 4.94. The molecule has 0 atom stereocenters. The minimum Gasteiger partial charge on any atom is -0.354 e. The molecule has 0 saturated heterocycles. The van der Waals surface area contributed by atoms with E-state index in [2.05, 4.69) is 18.3 Å². The Bertz CT molecular complexity index is 869. The number of halogens is 1. The van der Waals surface area contributed by atoms with Crippen LogP contribution in [0.4, 0.5) is 11.4 Å². The molecule has 116 valence electrons. The minimum absolute atomic E-state index is 0.0755. The number of anilines is 2. The highest BCUT2D eigenvalue weighted by molar-refractivity contribution is 7.12. The van der Waals surface area contributed by atoms with Crippen LogP contribution in [0, 0.1) is 6.92 Å². The number of hydrogen-bond acceptors (Lipinski definition) is 3. The summed E-state index contributed by atoms with van der Waals surface area (Å²) in [4.78, 5) is 12.2. The number of para-hydroxylation sites is 1. The predicted molar refractivity (Wildman–Crippen MR) is 99.2 cm³/mol. The third-order valence-corrected chi connectivity index (χ3v) is 5.11. The normalized spacial score (nSPS) is 10.6. The smallest absolute Gasteiger partial charge is 0.169 e. The van der Waals surface area contributed by atoms with Gasteiger partial charge in [-0.3, -0.25) is 4.79 Å². The Morgan fingerprint density at radius 2 is 1.83 bits per heavy atom. The van der Waals surface area contributed by atoms with E-state index in [-0.39, 0.29) is 5.78 Å². The topological polar surface area (TPSA) is 29.1 Å². The summed E-state index contributed by atoms with van der Waals surface area (Å²) in [6.45, 7) is 3.63. The fourth-order valence-corrected chi connectivity index (χ4v) is 3.46. The first-order valence-corrected chi connectivity index (χ1v) is 8.53. The van der Waals surface area contributed by atoms with E-state index in [0.717, 1.165) is 32.9 Å². The van der Waals surface area contributed by atoms with Gasteiger partial charge in [-0.05, 0) is 48.6 Å². The lowest BCUT2D eigenvalue weighted by Crippen LogP contribution is -1.94. The Hall–Kier alpha value is -2.10. The van der Waals surface area contributed by atoms with E-state index in [1.54, 1.807) is 6.92 Å². The van der Waals surface area contributed by atoms with E-state index in [9.17, 15) is 4.79 Å². The number of Topliss-reactive ketones (excluding diaryl/α,β-unsaturated/α-hetero) is 1.